The van der Waals surface area contributed by atoms with Gasteiger partial charge in [0.1, 0.15) is 12.0 Å². The van der Waals surface area contributed by atoms with E-state index in [1.807, 2.05) is 27.7 Å². The second-order valence-corrected chi connectivity index (χ2v) is 6.07. The topological polar surface area (TPSA) is 74.5 Å². The highest BCUT2D eigenvalue weighted by Crippen LogP contribution is 2.34. The summed E-state index contributed by atoms with van der Waals surface area (Å²) in [5, 5.41) is 3.98. The Bertz CT molecular complexity index is 451. The summed E-state index contributed by atoms with van der Waals surface area (Å²) in [7, 11) is 1.61. The fourth-order valence-electron chi connectivity index (χ4n) is 2.22. The molecule has 6 nitrogen and oxygen atoms in total. The maximum absolute atomic E-state index is 12.0. The molecule has 0 aliphatic heterocycles. The van der Waals surface area contributed by atoms with Crippen LogP contribution in [0.1, 0.15) is 71.2 Å². The van der Waals surface area contributed by atoms with Crippen LogP contribution in [0.3, 0.4) is 0 Å². The first-order valence-electron chi connectivity index (χ1n) is 7.38. The summed E-state index contributed by atoms with van der Waals surface area (Å²) in [5.41, 5.74) is -0.167. The zero-order valence-electron chi connectivity index (χ0n) is 13.8. The zero-order valence-corrected chi connectivity index (χ0v) is 13.8. The van der Waals surface area contributed by atoms with Crippen molar-refractivity contribution in [3.8, 4) is 0 Å². The lowest BCUT2D eigenvalue weighted by atomic mass is 9.88. The highest BCUT2D eigenvalue weighted by Gasteiger charge is 2.33. The minimum atomic E-state index is -0.506. The van der Waals surface area contributed by atoms with Gasteiger partial charge in [-0.1, -0.05) is 39.3 Å². The Kier molecular flexibility index (Phi) is 6.33. The molecule has 1 heterocycles. The van der Waals surface area contributed by atoms with Crippen LogP contribution in [0.15, 0.2) is 4.52 Å². The number of carbonyl (C=O) groups excluding carboxylic acids is 1. The van der Waals surface area contributed by atoms with E-state index in [0.29, 0.717) is 24.7 Å². The lowest BCUT2D eigenvalue weighted by Crippen LogP contribution is -2.21. The third-order valence-corrected chi connectivity index (χ3v) is 3.16. The van der Waals surface area contributed by atoms with Crippen molar-refractivity contribution in [2.45, 2.75) is 59.5 Å². The SMILES string of the molecule is CCCC(C(=O)OCC)c1nc(C(OC)C(C)(C)C)no1. The molecule has 0 aliphatic carbocycles. The van der Waals surface area contributed by atoms with E-state index in [0.717, 1.165) is 6.42 Å². The van der Waals surface area contributed by atoms with Gasteiger partial charge in [0.25, 0.3) is 0 Å². The van der Waals surface area contributed by atoms with Crippen molar-refractivity contribution in [3.63, 3.8) is 0 Å². The number of hydrogen-bond acceptors (Lipinski definition) is 6. The Balaban J connectivity index is 3.00. The Morgan fingerprint density at radius 3 is 2.48 bits per heavy atom. The van der Waals surface area contributed by atoms with Crippen LogP contribution < -0.4 is 0 Å². The number of rotatable bonds is 7. The lowest BCUT2D eigenvalue weighted by Gasteiger charge is -2.26. The molecule has 0 spiro atoms. The fourth-order valence-corrected chi connectivity index (χ4v) is 2.22. The molecule has 0 fully saturated rings. The van der Waals surface area contributed by atoms with E-state index in [4.69, 9.17) is 14.0 Å². The van der Waals surface area contributed by atoms with Gasteiger partial charge in [0.05, 0.1) is 6.61 Å². The Morgan fingerprint density at radius 2 is 2.00 bits per heavy atom. The normalized spacial score (nSPS) is 14.8. The molecule has 1 aromatic heterocycles. The minimum absolute atomic E-state index is 0.167. The van der Waals surface area contributed by atoms with Gasteiger partial charge in [0, 0.05) is 7.11 Å². The van der Waals surface area contributed by atoms with E-state index in [1.165, 1.54) is 0 Å². The highest BCUT2D eigenvalue weighted by molar-refractivity contribution is 5.76. The number of ether oxygens (including phenoxy) is 2. The Hall–Kier alpha value is -1.43. The van der Waals surface area contributed by atoms with Crippen molar-refractivity contribution in [1.82, 2.24) is 10.1 Å². The van der Waals surface area contributed by atoms with Gasteiger partial charge in [-0.15, -0.1) is 0 Å². The van der Waals surface area contributed by atoms with E-state index >= 15 is 0 Å². The molecule has 120 valence electrons. The van der Waals surface area contributed by atoms with Crippen molar-refractivity contribution in [1.29, 1.82) is 0 Å². The smallest absolute Gasteiger partial charge is 0.318 e. The van der Waals surface area contributed by atoms with Crippen LogP contribution in [0.2, 0.25) is 0 Å². The molecule has 0 N–H and O–H groups in total. The van der Waals surface area contributed by atoms with Gasteiger partial charge in [-0.2, -0.15) is 4.98 Å². The third-order valence-electron chi connectivity index (χ3n) is 3.16. The molecule has 0 aromatic carbocycles. The molecule has 0 saturated heterocycles. The largest absolute Gasteiger partial charge is 0.465 e. The molecule has 2 unspecified atom stereocenters. The summed E-state index contributed by atoms with van der Waals surface area (Å²) in [6.07, 6.45) is 1.15. The maximum atomic E-state index is 12.0. The summed E-state index contributed by atoms with van der Waals surface area (Å²) < 4.78 is 15.8. The predicted molar refractivity (Wildman–Crippen MR) is 77.8 cm³/mol. The highest BCUT2D eigenvalue weighted by atomic mass is 16.5. The number of hydrogen-bond donors (Lipinski definition) is 0. The standard InChI is InChI=1S/C15H26N2O4/c1-7-9-10(14(18)20-8-2)13-16-12(17-21-13)11(19-6)15(3,4)5/h10-11H,7-9H2,1-6H3. The molecule has 0 saturated carbocycles. The van der Waals surface area contributed by atoms with Crippen molar-refractivity contribution in [2.24, 2.45) is 5.41 Å². The lowest BCUT2D eigenvalue weighted by molar-refractivity contribution is -0.145. The van der Waals surface area contributed by atoms with Crippen molar-refractivity contribution >= 4 is 5.97 Å². The van der Waals surface area contributed by atoms with E-state index in [9.17, 15) is 4.79 Å². The number of methoxy groups -OCH3 is 1. The quantitative estimate of drug-likeness (QED) is 0.719. The molecule has 6 heteroatoms. The Morgan fingerprint density at radius 1 is 1.33 bits per heavy atom. The monoisotopic (exact) mass is 298 g/mol. The number of nitrogens with zero attached hydrogens (tertiary/aromatic N) is 2. The summed E-state index contributed by atoms with van der Waals surface area (Å²) in [6.45, 7) is 10.2. The summed E-state index contributed by atoms with van der Waals surface area (Å²) >= 11 is 0. The molecule has 0 bridgehead atoms. The molecule has 2 atom stereocenters. The van der Waals surface area contributed by atoms with E-state index in [-0.39, 0.29) is 17.5 Å². The second kappa shape index (κ2) is 7.54. The molecule has 21 heavy (non-hydrogen) atoms. The van der Waals surface area contributed by atoms with Gasteiger partial charge >= 0.3 is 5.97 Å². The number of aromatic nitrogens is 2. The minimum Gasteiger partial charge on any atom is -0.465 e. The maximum Gasteiger partial charge on any atom is 0.318 e. The first kappa shape index (κ1) is 17.6. The van der Waals surface area contributed by atoms with Crippen LogP contribution in [0.5, 0.6) is 0 Å². The molecule has 1 rings (SSSR count). The molecule has 0 amide bonds. The molecule has 0 radical (unpaired) electrons. The zero-order chi connectivity index (χ0) is 16.0. The average Bonchev–Trinajstić information content (AvgIpc) is 2.84. The second-order valence-electron chi connectivity index (χ2n) is 6.07. The Labute approximate surface area is 126 Å². The van der Waals surface area contributed by atoms with Crippen LogP contribution in [-0.4, -0.2) is 29.8 Å². The van der Waals surface area contributed by atoms with Crippen LogP contribution >= 0.6 is 0 Å². The summed E-state index contributed by atoms with van der Waals surface area (Å²) in [6, 6.07) is 0. The first-order valence-corrected chi connectivity index (χ1v) is 7.38. The predicted octanol–water partition coefficient (Wildman–Crippen LogP) is 3.25. The molecular formula is C15H26N2O4. The first-order chi connectivity index (χ1) is 9.85. The molecule has 0 aliphatic rings. The van der Waals surface area contributed by atoms with Gasteiger partial charge in [0.2, 0.25) is 11.7 Å². The van der Waals surface area contributed by atoms with E-state index in [2.05, 4.69) is 10.1 Å². The van der Waals surface area contributed by atoms with E-state index in [1.54, 1.807) is 14.0 Å². The van der Waals surface area contributed by atoms with Gasteiger partial charge in [-0.25, -0.2) is 0 Å². The van der Waals surface area contributed by atoms with Crippen LogP contribution in [-0.2, 0) is 14.3 Å². The van der Waals surface area contributed by atoms with Crippen molar-refractivity contribution < 1.29 is 18.8 Å². The van der Waals surface area contributed by atoms with Crippen LogP contribution in [0.25, 0.3) is 0 Å². The number of carbonyl (C=O) groups is 1. The van der Waals surface area contributed by atoms with Crippen LogP contribution in [0.4, 0.5) is 0 Å². The van der Waals surface area contributed by atoms with Crippen molar-refractivity contribution in [3.05, 3.63) is 11.7 Å². The fraction of sp³-hybridized carbons (Fsp3) is 0.800. The van der Waals surface area contributed by atoms with Crippen molar-refractivity contribution in [2.75, 3.05) is 13.7 Å². The third kappa shape index (κ3) is 4.52. The van der Waals surface area contributed by atoms with Gasteiger partial charge in [0.15, 0.2) is 0 Å². The van der Waals surface area contributed by atoms with Crippen LogP contribution in [0, 0.1) is 5.41 Å². The number of esters is 1. The molecule has 1 aromatic rings. The summed E-state index contributed by atoms with van der Waals surface area (Å²) in [4.78, 5) is 16.4. The van der Waals surface area contributed by atoms with Gasteiger partial charge < -0.3 is 14.0 Å². The van der Waals surface area contributed by atoms with E-state index < -0.39 is 5.92 Å². The molecular weight excluding hydrogens is 272 g/mol. The van der Waals surface area contributed by atoms with Gasteiger partial charge in [-0.3, -0.25) is 4.79 Å². The van der Waals surface area contributed by atoms with Gasteiger partial charge in [-0.05, 0) is 18.8 Å². The average molecular weight is 298 g/mol. The summed E-state index contributed by atoms with van der Waals surface area (Å²) in [5.74, 6) is -0.0602.